The summed E-state index contributed by atoms with van der Waals surface area (Å²) in [4.78, 5) is 21.9. The zero-order valence-electron chi connectivity index (χ0n) is 11.5. The topological polar surface area (TPSA) is 52.6 Å². The lowest BCUT2D eigenvalue weighted by molar-refractivity contribution is -0.142. The van der Waals surface area contributed by atoms with Crippen LogP contribution in [0.25, 0.3) is 10.8 Å². The van der Waals surface area contributed by atoms with Crippen molar-refractivity contribution in [1.82, 2.24) is 0 Å². The standard InChI is InChI=1S/C16H16O4/c1-11(17)19-9-13-7-14-5-3-4-6-16(14)15(8-13)10-20-12(2)18/h3-8H,9-10H2,1-2H3. The molecule has 2 aromatic rings. The Balaban J connectivity index is 2.35. The molecule has 4 heteroatoms. The van der Waals surface area contributed by atoms with E-state index in [0.29, 0.717) is 0 Å². The molecule has 0 saturated heterocycles. The molecular weight excluding hydrogens is 256 g/mol. The predicted molar refractivity (Wildman–Crippen MR) is 74.9 cm³/mol. The molecule has 0 aliphatic heterocycles. The Hall–Kier alpha value is -2.36. The Labute approximate surface area is 117 Å². The van der Waals surface area contributed by atoms with Crippen LogP contribution in [0.5, 0.6) is 0 Å². The van der Waals surface area contributed by atoms with Crippen LogP contribution in [0.3, 0.4) is 0 Å². The van der Waals surface area contributed by atoms with E-state index in [9.17, 15) is 9.59 Å². The van der Waals surface area contributed by atoms with E-state index in [4.69, 9.17) is 9.47 Å². The normalized spacial score (nSPS) is 10.3. The highest BCUT2D eigenvalue weighted by Crippen LogP contribution is 2.22. The van der Waals surface area contributed by atoms with Gasteiger partial charge in [0.2, 0.25) is 0 Å². The van der Waals surface area contributed by atoms with Crippen LogP contribution in [0.15, 0.2) is 36.4 Å². The Morgan fingerprint density at radius 3 is 2.30 bits per heavy atom. The molecule has 0 aromatic heterocycles. The number of hydrogen-bond donors (Lipinski definition) is 0. The Morgan fingerprint density at radius 1 is 0.950 bits per heavy atom. The highest BCUT2D eigenvalue weighted by molar-refractivity contribution is 5.86. The van der Waals surface area contributed by atoms with Crippen molar-refractivity contribution in [3.8, 4) is 0 Å². The Bertz CT molecular complexity index is 646. The van der Waals surface area contributed by atoms with Crippen molar-refractivity contribution < 1.29 is 19.1 Å². The van der Waals surface area contributed by atoms with Gasteiger partial charge in [0.05, 0.1) is 0 Å². The highest BCUT2D eigenvalue weighted by atomic mass is 16.5. The van der Waals surface area contributed by atoms with Gasteiger partial charge in [-0.1, -0.05) is 24.3 Å². The molecule has 0 spiro atoms. The average molecular weight is 272 g/mol. The zero-order chi connectivity index (χ0) is 14.5. The van der Waals surface area contributed by atoms with Gasteiger partial charge in [0.25, 0.3) is 0 Å². The van der Waals surface area contributed by atoms with Crippen molar-refractivity contribution in [3.05, 3.63) is 47.5 Å². The summed E-state index contributed by atoms with van der Waals surface area (Å²) in [5.74, 6) is -0.640. The molecule has 2 rings (SSSR count). The van der Waals surface area contributed by atoms with Crippen molar-refractivity contribution in [2.45, 2.75) is 27.1 Å². The molecular formula is C16H16O4. The van der Waals surface area contributed by atoms with Crippen molar-refractivity contribution in [2.75, 3.05) is 0 Å². The quantitative estimate of drug-likeness (QED) is 0.803. The lowest BCUT2D eigenvalue weighted by Gasteiger charge is -2.10. The third-order valence-electron chi connectivity index (χ3n) is 2.88. The molecule has 0 fully saturated rings. The van der Waals surface area contributed by atoms with Crippen LogP contribution in [0, 0.1) is 0 Å². The van der Waals surface area contributed by atoms with Gasteiger partial charge in [-0.25, -0.2) is 0 Å². The van der Waals surface area contributed by atoms with E-state index in [0.717, 1.165) is 21.9 Å². The number of benzene rings is 2. The molecule has 104 valence electrons. The minimum Gasteiger partial charge on any atom is -0.461 e. The van der Waals surface area contributed by atoms with Crippen LogP contribution in [0.1, 0.15) is 25.0 Å². The smallest absolute Gasteiger partial charge is 0.302 e. The number of carbonyl (C=O) groups is 2. The molecule has 4 nitrogen and oxygen atoms in total. The molecule has 0 aliphatic carbocycles. The third kappa shape index (κ3) is 3.57. The molecule has 2 aromatic carbocycles. The molecule has 0 unspecified atom stereocenters. The number of ether oxygens (including phenoxy) is 2. The summed E-state index contributed by atoms with van der Waals surface area (Å²) in [5.41, 5.74) is 1.78. The predicted octanol–water partition coefficient (Wildman–Crippen LogP) is 2.97. The summed E-state index contributed by atoms with van der Waals surface area (Å²) in [6.07, 6.45) is 0. The van der Waals surface area contributed by atoms with Gasteiger partial charge < -0.3 is 9.47 Å². The lowest BCUT2D eigenvalue weighted by atomic mass is 10.0. The highest BCUT2D eigenvalue weighted by Gasteiger charge is 2.07. The van der Waals surface area contributed by atoms with Crippen molar-refractivity contribution in [2.24, 2.45) is 0 Å². The van der Waals surface area contributed by atoms with Gasteiger partial charge in [-0.05, 0) is 34.0 Å². The van der Waals surface area contributed by atoms with Crippen LogP contribution in [0.2, 0.25) is 0 Å². The molecule has 20 heavy (non-hydrogen) atoms. The summed E-state index contributed by atoms with van der Waals surface area (Å²) < 4.78 is 10.1. The number of hydrogen-bond acceptors (Lipinski definition) is 4. The van der Waals surface area contributed by atoms with Crippen LogP contribution in [-0.2, 0) is 32.3 Å². The first-order valence-electron chi connectivity index (χ1n) is 6.33. The van der Waals surface area contributed by atoms with Crippen molar-refractivity contribution in [1.29, 1.82) is 0 Å². The van der Waals surface area contributed by atoms with Gasteiger partial charge in [-0.15, -0.1) is 0 Å². The second-order valence-electron chi connectivity index (χ2n) is 4.54. The zero-order valence-corrected chi connectivity index (χ0v) is 11.5. The van der Waals surface area contributed by atoms with Crippen molar-refractivity contribution >= 4 is 22.7 Å². The van der Waals surface area contributed by atoms with Gasteiger partial charge in [-0.2, -0.15) is 0 Å². The minimum absolute atomic E-state index is 0.212. The largest absolute Gasteiger partial charge is 0.461 e. The lowest BCUT2D eigenvalue weighted by Crippen LogP contribution is -2.02. The maximum absolute atomic E-state index is 11.0. The van der Waals surface area contributed by atoms with E-state index in [1.165, 1.54) is 13.8 Å². The molecule has 0 atom stereocenters. The van der Waals surface area contributed by atoms with Crippen molar-refractivity contribution in [3.63, 3.8) is 0 Å². The third-order valence-corrected chi connectivity index (χ3v) is 2.88. The van der Waals surface area contributed by atoms with Crippen LogP contribution >= 0.6 is 0 Å². The summed E-state index contributed by atoms with van der Waals surface area (Å²) in [6.45, 7) is 3.18. The summed E-state index contributed by atoms with van der Waals surface area (Å²) in [7, 11) is 0. The van der Waals surface area contributed by atoms with E-state index in [2.05, 4.69) is 0 Å². The minimum atomic E-state index is -0.320. The Morgan fingerprint density at radius 2 is 1.60 bits per heavy atom. The Kier molecular flexibility index (Phi) is 4.35. The number of carbonyl (C=O) groups excluding carboxylic acids is 2. The van der Waals surface area contributed by atoms with Gasteiger partial charge in [0, 0.05) is 13.8 Å². The van der Waals surface area contributed by atoms with Crippen LogP contribution < -0.4 is 0 Å². The fraction of sp³-hybridized carbons (Fsp3) is 0.250. The number of esters is 2. The maximum atomic E-state index is 11.0. The fourth-order valence-electron chi connectivity index (χ4n) is 2.03. The van der Waals surface area contributed by atoms with E-state index in [1.807, 2.05) is 36.4 Å². The van der Waals surface area contributed by atoms with Gasteiger partial charge >= 0.3 is 11.9 Å². The van der Waals surface area contributed by atoms with Gasteiger partial charge in [0.1, 0.15) is 13.2 Å². The SMILES string of the molecule is CC(=O)OCc1cc(COC(C)=O)c2ccccc2c1. The molecule has 0 N–H and O–H groups in total. The monoisotopic (exact) mass is 272 g/mol. The first-order chi connectivity index (χ1) is 9.56. The molecule has 0 bridgehead atoms. The second-order valence-corrected chi connectivity index (χ2v) is 4.54. The first-order valence-corrected chi connectivity index (χ1v) is 6.33. The van der Waals surface area contributed by atoms with E-state index < -0.39 is 0 Å². The van der Waals surface area contributed by atoms with Gasteiger partial charge in [-0.3, -0.25) is 9.59 Å². The summed E-state index contributed by atoms with van der Waals surface area (Å²) >= 11 is 0. The van der Waals surface area contributed by atoms with E-state index in [-0.39, 0.29) is 25.2 Å². The molecule has 0 aliphatic rings. The van der Waals surface area contributed by atoms with E-state index in [1.54, 1.807) is 0 Å². The van der Waals surface area contributed by atoms with Gasteiger partial charge in [0.15, 0.2) is 0 Å². The number of rotatable bonds is 4. The van der Waals surface area contributed by atoms with E-state index >= 15 is 0 Å². The first kappa shape index (κ1) is 14.1. The summed E-state index contributed by atoms with van der Waals surface area (Å²) in [6, 6.07) is 11.7. The maximum Gasteiger partial charge on any atom is 0.302 e. The van der Waals surface area contributed by atoms with Crippen LogP contribution in [-0.4, -0.2) is 11.9 Å². The average Bonchev–Trinajstić information content (AvgIpc) is 2.42. The molecule has 0 heterocycles. The summed E-state index contributed by atoms with van der Waals surface area (Å²) in [5, 5.41) is 2.06. The second kappa shape index (κ2) is 6.19. The molecule has 0 saturated carbocycles. The van der Waals surface area contributed by atoms with Crippen LogP contribution in [0.4, 0.5) is 0 Å². The number of fused-ring (bicyclic) bond motifs is 1. The fourth-order valence-corrected chi connectivity index (χ4v) is 2.03. The molecule has 0 radical (unpaired) electrons. The molecule has 0 amide bonds.